The molecule has 0 saturated heterocycles. The lowest BCUT2D eigenvalue weighted by Gasteiger charge is -1.94. The summed E-state index contributed by atoms with van der Waals surface area (Å²) in [6.07, 6.45) is 2.80. The van der Waals surface area contributed by atoms with Crippen LogP contribution < -0.4 is 0 Å². The zero-order valence-electron chi connectivity index (χ0n) is 4.31. The summed E-state index contributed by atoms with van der Waals surface area (Å²) in [6, 6.07) is 0. The van der Waals surface area contributed by atoms with Gasteiger partial charge in [-0.05, 0) is 15.9 Å². The molecular weight excluding hydrogens is 205 g/mol. The van der Waals surface area contributed by atoms with E-state index in [-0.39, 0.29) is 5.75 Å². The molecule has 48 valence electrons. The van der Waals surface area contributed by atoms with Crippen molar-refractivity contribution >= 4 is 27.5 Å². The largest absolute Gasteiger partial charge is 0.505 e. The summed E-state index contributed by atoms with van der Waals surface area (Å²) >= 11 is 8.63. The van der Waals surface area contributed by atoms with Crippen molar-refractivity contribution in [1.82, 2.24) is 4.98 Å². The zero-order valence-corrected chi connectivity index (χ0v) is 6.65. The van der Waals surface area contributed by atoms with Crippen LogP contribution in [0.1, 0.15) is 0 Å². The summed E-state index contributed by atoms with van der Waals surface area (Å²) in [5.41, 5.74) is 0. The minimum atomic E-state index is -0.00829. The number of aromatic hydroxyl groups is 1. The smallest absolute Gasteiger partial charge is 0.153 e. The van der Waals surface area contributed by atoms with Crippen molar-refractivity contribution in [2.24, 2.45) is 0 Å². The van der Waals surface area contributed by atoms with Gasteiger partial charge in [-0.15, -0.1) is 0 Å². The standard InChI is InChI=1S/C5H3BrClNO/c6-3-1-8-2-4(9)5(3)7/h1-2,9H. The minimum absolute atomic E-state index is 0.00829. The molecule has 0 spiro atoms. The molecule has 0 aliphatic carbocycles. The van der Waals surface area contributed by atoms with Crippen molar-refractivity contribution in [3.8, 4) is 5.75 Å². The lowest BCUT2D eigenvalue weighted by atomic mass is 10.5. The summed E-state index contributed by atoms with van der Waals surface area (Å²) in [4.78, 5) is 3.66. The first kappa shape index (κ1) is 6.83. The van der Waals surface area contributed by atoms with Crippen molar-refractivity contribution in [1.29, 1.82) is 0 Å². The first-order chi connectivity index (χ1) is 4.22. The molecule has 0 unspecified atom stereocenters. The van der Waals surface area contributed by atoms with Crippen LogP contribution in [0.15, 0.2) is 16.9 Å². The highest BCUT2D eigenvalue weighted by Crippen LogP contribution is 2.28. The van der Waals surface area contributed by atoms with E-state index in [1.54, 1.807) is 0 Å². The molecule has 2 nitrogen and oxygen atoms in total. The number of halogens is 2. The summed E-state index contributed by atoms with van der Waals surface area (Å²) in [6.45, 7) is 0. The van der Waals surface area contributed by atoms with Crippen LogP contribution >= 0.6 is 27.5 Å². The fourth-order valence-electron chi connectivity index (χ4n) is 0.409. The van der Waals surface area contributed by atoms with Crippen molar-refractivity contribution in [3.05, 3.63) is 21.9 Å². The molecule has 1 aromatic rings. The Morgan fingerprint density at radius 3 is 2.67 bits per heavy atom. The number of aromatic nitrogens is 1. The van der Waals surface area contributed by atoms with Gasteiger partial charge in [0, 0.05) is 6.20 Å². The van der Waals surface area contributed by atoms with Gasteiger partial charge in [-0.25, -0.2) is 0 Å². The van der Waals surface area contributed by atoms with Crippen LogP contribution in [0.2, 0.25) is 5.02 Å². The lowest BCUT2D eigenvalue weighted by molar-refractivity contribution is 0.472. The first-order valence-corrected chi connectivity index (χ1v) is 3.37. The highest BCUT2D eigenvalue weighted by atomic mass is 79.9. The van der Waals surface area contributed by atoms with E-state index in [9.17, 15) is 0 Å². The molecule has 0 bridgehead atoms. The SMILES string of the molecule is Oc1cncc(Br)c1Cl. The monoisotopic (exact) mass is 207 g/mol. The van der Waals surface area contributed by atoms with Crippen LogP contribution in [-0.2, 0) is 0 Å². The van der Waals surface area contributed by atoms with Gasteiger partial charge < -0.3 is 5.11 Å². The van der Waals surface area contributed by atoms with Crippen LogP contribution in [0.5, 0.6) is 5.75 Å². The van der Waals surface area contributed by atoms with Crippen LogP contribution in [0.3, 0.4) is 0 Å². The molecule has 0 atom stereocenters. The molecule has 0 aliphatic rings. The van der Waals surface area contributed by atoms with E-state index in [4.69, 9.17) is 16.7 Å². The molecule has 1 heterocycles. The van der Waals surface area contributed by atoms with Crippen molar-refractivity contribution < 1.29 is 5.11 Å². The Balaban J connectivity index is 3.25. The van der Waals surface area contributed by atoms with Gasteiger partial charge in [-0.1, -0.05) is 11.6 Å². The van der Waals surface area contributed by atoms with Gasteiger partial charge in [0.05, 0.1) is 15.7 Å². The van der Waals surface area contributed by atoms with E-state index < -0.39 is 0 Å². The zero-order chi connectivity index (χ0) is 6.85. The van der Waals surface area contributed by atoms with E-state index >= 15 is 0 Å². The Labute approximate surface area is 65.6 Å². The van der Waals surface area contributed by atoms with E-state index in [2.05, 4.69) is 20.9 Å². The van der Waals surface area contributed by atoms with Gasteiger partial charge in [0.25, 0.3) is 0 Å². The molecule has 0 fully saturated rings. The van der Waals surface area contributed by atoms with Crippen LogP contribution in [0.25, 0.3) is 0 Å². The van der Waals surface area contributed by atoms with Gasteiger partial charge in [0.15, 0.2) is 5.75 Å². The fourth-order valence-corrected chi connectivity index (χ4v) is 0.828. The summed E-state index contributed by atoms with van der Waals surface area (Å²) < 4.78 is 0.601. The van der Waals surface area contributed by atoms with E-state index in [0.717, 1.165) is 0 Å². The predicted molar refractivity (Wildman–Crippen MR) is 38.6 cm³/mol. The third-order valence-corrected chi connectivity index (χ3v) is 2.05. The van der Waals surface area contributed by atoms with Crippen molar-refractivity contribution in [3.63, 3.8) is 0 Å². The van der Waals surface area contributed by atoms with E-state index in [1.165, 1.54) is 12.4 Å². The molecule has 1 aromatic heterocycles. The maximum absolute atomic E-state index is 8.88. The predicted octanol–water partition coefficient (Wildman–Crippen LogP) is 2.20. The highest BCUT2D eigenvalue weighted by Gasteiger charge is 2.00. The Bertz CT molecular complexity index is 208. The Hall–Kier alpha value is -0.280. The Morgan fingerprint density at radius 2 is 2.22 bits per heavy atom. The normalized spacial score (nSPS) is 9.56. The number of hydrogen-bond donors (Lipinski definition) is 1. The molecule has 0 aliphatic heterocycles. The number of hydrogen-bond acceptors (Lipinski definition) is 2. The topological polar surface area (TPSA) is 33.1 Å². The van der Waals surface area contributed by atoms with Gasteiger partial charge in [0.1, 0.15) is 0 Å². The van der Waals surface area contributed by atoms with Gasteiger partial charge in [-0.2, -0.15) is 0 Å². The van der Waals surface area contributed by atoms with Crippen LogP contribution in [0.4, 0.5) is 0 Å². The third kappa shape index (κ3) is 1.34. The van der Waals surface area contributed by atoms with E-state index in [1.807, 2.05) is 0 Å². The van der Waals surface area contributed by atoms with Gasteiger partial charge >= 0.3 is 0 Å². The highest BCUT2D eigenvalue weighted by molar-refractivity contribution is 9.10. The Morgan fingerprint density at radius 1 is 1.56 bits per heavy atom. The average molecular weight is 208 g/mol. The quantitative estimate of drug-likeness (QED) is 0.709. The van der Waals surface area contributed by atoms with Crippen LogP contribution in [-0.4, -0.2) is 10.1 Å². The lowest BCUT2D eigenvalue weighted by Crippen LogP contribution is -1.73. The number of nitrogens with zero attached hydrogens (tertiary/aromatic N) is 1. The molecule has 0 saturated carbocycles. The fraction of sp³-hybridized carbons (Fsp3) is 0. The number of pyridine rings is 1. The second kappa shape index (κ2) is 2.54. The third-order valence-electron chi connectivity index (χ3n) is 0.819. The molecule has 0 aromatic carbocycles. The van der Waals surface area contributed by atoms with Gasteiger partial charge in [0.2, 0.25) is 0 Å². The molecular formula is C5H3BrClNO. The van der Waals surface area contributed by atoms with Gasteiger partial charge in [-0.3, -0.25) is 4.98 Å². The molecule has 9 heavy (non-hydrogen) atoms. The molecule has 0 radical (unpaired) electrons. The summed E-state index contributed by atoms with van der Waals surface area (Å²) in [5.74, 6) is -0.00829. The molecule has 4 heteroatoms. The summed E-state index contributed by atoms with van der Waals surface area (Å²) in [5, 5.41) is 9.17. The molecule has 1 rings (SSSR count). The Kier molecular flexibility index (Phi) is 1.93. The maximum atomic E-state index is 8.88. The van der Waals surface area contributed by atoms with Crippen LogP contribution in [0, 0.1) is 0 Å². The minimum Gasteiger partial charge on any atom is -0.505 e. The number of rotatable bonds is 0. The maximum Gasteiger partial charge on any atom is 0.153 e. The van der Waals surface area contributed by atoms with Crippen molar-refractivity contribution in [2.75, 3.05) is 0 Å². The first-order valence-electron chi connectivity index (χ1n) is 2.20. The molecule has 0 amide bonds. The second-order valence-electron chi connectivity index (χ2n) is 1.45. The molecule has 1 N–H and O–H groups in total. The van der Waals surface area contributed by atoms with Crippen molar-refractivity contribution in [2.45, 2.75) is 0 Å². The second-order valence-corrected chi connectivity index (χ2v) is 2.69. The van der Waals surface area contributed by atoms with E-state index in [0.29, 0.717) is 9.50 Å². The summed E-state index contributed by atoms with van der Waals surface area (Å²) in [7, 11) is 0. The average Bonchev–Trinajstić information content (AvgIpc) is 1.83.